The summed E-state index contributed by atoms with van der Waals surface area (Å²) in [4.78, 5) is 2.36. The van der Waals surface area contributed by atoms with Crippen molar-refractivity contribution in [2.45, 2.75) is 26.1 Å². The van der Waals surface area contributed by atoms with E-state index in [0.717, 1.165) is 11.8 Å². The second-order valence-corrected chi connectivity index (χ2v) is 5.37. The highest BCUT2D eigenvalue weighted by Crippen LogP contribution is 2.38. The normalized spacial score (nSPS) is 23.2. The van der Waals surface area contributed by atoms with Crippen LogP contribution >= 0.6 is 11.6 Å². The number of hydrogen-bond donors (Lipinski definition) is 0. The molecule has 0 heterocycles. The van der Waals surface area contributed by atoms with Crippen LogP contribution in [0.15, 0.2) is 18.2 Å². The maximum atomic E-state index is 5.86. The topological polar surface area (TPSA) is 3.24 Å². The molecule has 0 aliphatic heterocycles. The van der Waals surface area contributed by atoms with E-state index in [1.807, 2.05) is 0 Å². The molecule has 1 aliphatic carbocycles. The van der Waals surface area contributed by atoms with Gasteiger partial charge in [-0.1, -0.05) is 13.0 Å². The third-order valence-electron chi connectivity index (χ3n) is 3.70. The van der Waals surface area contributed by atoms with Crippen molar-refractivity contribution in [1.82, 2.24) is 0 Å². The molecule has 0 saturated heterocycles. The summed E-state index contributed by atoms with van der Waals surface area (Å²) in [7, 11) is 2.18. The number of aryl methyl sites for hydroxylation is 1. The largest absolute Gasteiger partial charge is 0.374 e. The molecule has 16 heavy (non-hydrogen) atoms. The van der Waals surface area contributed by atoms with Gasteiger partial charge in [-0.25, -0.2) is 0 Å². The Morgan fingerprint density at radius 3 is 2.62 bits per heavy atom. The molecule has 2 rings (SSSR count). The number of alkyl halides is 1. The van der Waals surface area contributed by atoms with Gasteiger partial charge in [-0.15, -0.1) is 11.6 Å². The van der Waals surface area contributed by atoms with Crippen molar-refractivity contribution in [3.63, 3.8) is 0 Å². The molecule has 0 radical (unpaired) electrons. The van der Waals surface area contributed by atoms with E-state index in [1.54, 1.807) is 0 Å². The van der Waals surface area contributed by atoms with Crippen LogP contribution in [0.3, 0.4) is 0 Å². The summed E-state index contributed by atoms with van der Waals surface area (Å²) in [5, 5.41) is 0. The second-order valence-electron chi connectivity index (χ2n) is 5.10. The van der Waals surface area contributed by atoms with Gasteiger partial charge in [0.1, 0.15) is 0 Å². The number of rotatable bonds is 4. The Balaban J connectivity index is 2.05. The summed E-state index contributed by atoms with van der Waals surface area (Å²) < 4.78 is 0. The van der Waals surface area contributed by atoms with Crippen molar-refractivity contribution in [2.75, 3.05) is 18.5 Å². The van der Waals surface area contributed by atoms with Crippen LogP contribution in [-0.2, 0) is 5.88 Å². The zero-order valence-electron chi connectivity index (χ0n) is 10.3. The van der Waals surface area contributed by atoms with Crippen LogP contribution in [0.25, 0.3) is 0 Å². The van der Waals surface area contributed by atoms with Gasteiger partial charge in [0.15, 0.2) is 0 Å². The number of halogens is 1. The van der Waals surface area contributed by atoms with Crippen molar-refractivity contribution >= 4 is 17.3 Å². The van der Waals surface area contributed by atoms with E-state index in [2.05, 4.69) is 44.0 Å². The van der Waals surface area contributed by atoms with E-state index in [9.17, 15) is 0 Å². The summed E-state index contributed by atoms with van der Waals surface area (Å²) in [5.74, 6) is 2.43. The molecule has 0 aromatic heterocycles. The predicted molar refractivity (Wildman–Crippen MR) is 71.3 cm³/mol. The average Bonchev–Trinajstić information content (AvgIpc) is 2.94. The van der Waals surface area contributed by atoms with Crippen molar-refractivity contribution in [1.29, 1.82) is 0 Å². The molecule has 1 saturated carbocycles. The highest BCUT2D eigenvalue weighted by Gasteiger charge is 2.33. The third kappa shape index (κ3) is 2.52. The molecule has 0 N–H and O–H groups in total. The van der Waals surface area contributed by atoms with E-state index in [-0.39, 0.29) is 0 Å². The lowest BCUT2D eigenvalue weighted by Gasteiger charge is -2.20. The second kappa shape index (κ2) is 4.67. The number of nitrogens with zero attached hydrogens (tertiary/aromatic N) is 1. The summed E-state index contributed by atoms with van der Waals surface area (Å²) in [6.07, 6.45) is 1.39. The van der Waals surface area contributed by atoms with Gasteiger partial charge < -0.3 is 4.90 Å². The molecule has 1 aromatic rings. The van der Waals surface area contributed by atoms with Crippen molar-refractivity contribution in [3.8, 4) is 0 Å². The van der Waals surface area contributed by atoms with Crippen LogP contribution in [0, 0.1) is 18.8 Å². The zero-order valence-corrected chi connectivity index (χ0v) is 11.1. The Labute approximate surface area is 103 Å². The van der Waals surface area contributed by atoms with Crippen LogP contribution in [0.4, 0.5) is 5.69 Å². The summed E-state index contributed by atoms with van der Waals surface area (Å²) in [6, 6.07) is 6.56. The Hall–Kier alpha value is -0.690. The van der Waals surface area contributed by atoms with Crippen LogP contribution in [0.1, 0.15) is 24.5 Å². The standard InChI is InChI=1S/C14H20ClN/c1-10-6-13(10)9-16(3)14-5-4-12(8-15)11(2)7-14/h4-5,7,10,13H,6,8-9H2,1-3H3. The van der Waals surface area contributed by atoms with E-state index in [4.69, 9.17) is 11.6 Å². The van der Waals surface area contributed by atoms with E-state index in [0.29, 0.717) is 5.88 Å². The van der Waals surface area contributed by atoms with E-state index in [1.165, 1.54) is 29.8 Å². The van der Waals surface area contributed by atoms with Crippen LogP contribution in [0.5, 0.6) is 0 Å². The van der Waals surface area contributed by atoms with Gasteiger partial charge >= 0.3 is 0 Å². The number of anilines is 1. The molecule has 0 amide bonds. The first-order chi connectivity index (χ1) is 7.61. The van der Waals surface area contributed by atoms with Crippen LogP contribution in [-0.4, -0.2) is 13.6 Å². The Morgan fingerprint density at radius 2 is 2.12 bits per heavy atom. The minimum atomic E-state index is 0.607. The Kier molecular flexibility index (Phi) is 3.44. The van der Waals surface area contributed by atoms with Crippen LogP contribution < -0.4 is 4.90 Å². The first-order valence-electron chi connectivity index (χ1n) is 5.98. The lowest BCUT2D eigenvalue weighted by Crippen LogP contribution is -2.20. The van der Waals surface area contributed by atoms with Gasteiger partial charge in [0.2, 0.25) is 0 Å². The molecule has 1 nitrogen and oxygen atoms in total. The lowest BCUT2D eigenvalue weighted by molar-refractivity contribution is 0.725. The smallest absolute Gasteiger partial charge is 0.0476 e. The summed E-state index contributed by atoms with van der Waals surface area (Å²) >= 11 is 5.86. The summed E-state index contributed by atoms with van der Waals surface area (Å²) in [6.45, 7) is 5.65. The third-order valence-corrected chi connectivity index (χ3v) is 3.98. The van der Waals surface area contributed by atoms with Crippen molar-refractivity contribution in [3.05, 3.63) is 29.3 Å². The summed E-state index contributed by atoms with van der Waals surface area (Å²) in [5.41, 5.74) is 3.84. The molecular weight excluding hydrogens is 218 g/mol. The SMILES string of the molecule is Cc1cc(N(C)CC2CC2C)ccc1CCl. The molecule has 0 spiro atoms. The molecule has 0 bridgehead atoms. The van der Waals surface area contributed by atoms with Gasteiger partial charge in [-0.2, -0.15) is 0 Å². The predicted octanol–water partition coefficient (Wildman–Crippen LogP) is 3.83. The fourth-order valence-corrected chi connectivity index (χ4v) is 2.48. The first-order valence-corrected chi connectivity index (χ1v) is 6.52. The van der Waals surface area contributed by atoms with Gasteiger partial charge in [-0.3, -0.25) is 0 Å². The quantitative estimate of drug-likeness (QED) is 0.720. The average molecular weight is 238 g/mol. The highest BCUT2D eigenvalue weighted by atomic mass is 35.5. The maximum Gasteiger partial charge on any atom is 0.0476 e. The molecule has 2 atom stereocenters. The van der Waals surface area contributed by atoms with E-state index < -0.39 is 0 Å². The molecule has 1 aromatic carbocycles. The maximum absolute atomic E-state index is 5.86. The fourth-order valence-electron chi connectivity index (χ4n) is 2.18. The molecular formula is C14H20ClN. The first kappa shape index (κ1) is 11.8. The van der Waals surface area contributed by atoms with Gasteiger partial charge in [0.05, 0.1) is 0 Å². The highest BCUT2D eigenvalue weighted by molar-refractivity contribution is 6.17. The minimum absolute atomic E-state index is 0.607. The van der Waals surface area contributed by atoms with Crippen LogP contribution in [0.2, 0.25) is 0 Å². The molecule has 2 heteroatoms. The van der Waals surface area contributed by atoms with Crippen molar-refractivity contribution in [2.24, 2.45) is 11.8 Å². The monoisotopic (exact) mass is 237 g/mol. The Bertz CT molecular complexity index is 375. The van der Waals surface area contributed by atoms with Crippen molar-refractivity contribution < 1.29 is 0 Å². The molecule has 88 valence electrons. The number of benzene rings is 1. The van der Waals surface area contributed by atoms with Gasteiger partial charge in [-0.05, 0) is 48.4 Å². The molecule has 1 aliphatic rings. The Morgan fingerprint density at radius 1 is 1.44 bits per heavy atom. The fraction of sp³-hybridized carbons (Fsp3) is 0.571. The van der Waals surface area contributed by atoms with E-state index >= 15 is 0 Å². The zero-order chi connectivity index (χ0) is 11.7. The lowest BCUT2D eigenvalue weighted by atomic mass is 10.1. The number of hydrogen-bond acceptors (Lipinski definition) is 1. The van der Waals surface area contributed by atoms with Gasteiger partial charge in [0, 0.05) is 25.2 Å². The van der Waals surface area contributed by atoms with Gasteiger partial charge in [0.25, 0.3) is 0 Å². The minimum Gasteiger partial charge on any atom is -0.374 e. The molecule has 2 unspecified atom stereocenters. The molecule has 1 fully saturated rings.